The lowest BCUT2D eigenvalue weighted by Crippen LogP contribution is -2.33. The summed E-state index contributed by atoms with van der Waals surface area (Å²) in [7, 11) is 0. The number of ether oxygens (including phenoxy) is 1. The van der Waals surface area contributed by atoms with Crippen LogP contribution in [0.3, 0.4) is 0 Å². The van der Waals surface area contributed by atoms with Gasteiger partial charge in [0.05, 0.1) is 35.8 Å². The maximum absolute atomic E-state index is 13.2. The van der Waals surface area contributed by atoms with Gasteiger partial charge >= 0.3 is 0 Å². The van der Waals surface area contributed by atoms with Crippen LogP contribution in [0, 0.1) is 11.3 Å². The SMILES string of the molecule is CCCn1c(=O)c2ccccc2n2c(SCC(=O)N(CCC#N)c3ccc(OCC)cc3)nnc12. The van der Waals surface area contributed by atoms with Gasteiger partial charge in [0.15, 0.2) is 5.16 Å². The molecule has 0 spiro atoms. The van der Waals surface area contributed by atoms with Crippen molar-refractivity contribution < 1.29 is 9.53 Å². The Balaban J connectivity index is 1.64. The van der Waals surface area contributed by atoms with Crippen LogP contribution < -0.4 is 15.2 Å². The first-order chi connectivity index (χ1) is 17.1. The van der Waals surface area contributed by atoms with Gasteiger partial charge in [-0.3, -0.25) is 18.6 Å². The molecule has 0 saturated carbocycles. The number of hydrogen-bond donors (Lipinski definition) is 0. The first-order valence-electron chi connectivity index (χ1n) is 11.5. The summed E-state index contributed by atoms with van der Waals surface area (Å²) in [6.45, 7) is 5.27. The molecule has 0 bridgehead atoms. The smallest absolute Gasteiger partial charge is 0.262 e. The largest absolute Gasteiger partial charge is 0.494 e. The highest BCUT2D eigenvalue weighted by molar-refractivity contribution is 7.99. The number of fused-ring (bicyclic) bond motifs is 3. The number of anilines is 1. The van der Waals surface area contributed by atoms with Crippen molar-refractivity contribution in [3.8, 4) is 11.8 Å². The molecule has 0 N–H and O–H groups in total. The van der Waals surface area contributed by atoms with Crippen molar-refractivity contribution in [2.75, 3.05) is 23.8 Å². The number of para-hydroxylation sites is 1. The number of nitrogens with zero attached hydrogens (tertiary/aromatic N) is 6. The van der Waals surface area contributed by atoms with Crippen LogP contribution in [0.15, 0.2) is 58.5 Å². The lowest BCUT2D eigenvalue weighted by Gasteiger charge is -2.22. The molecule has 0 aliphatic heterocycles. The van der Waals surface area contributed by atoms with E-state index >= 15 is 0 Å². The van der Waals surface area contributed by atoms with Crippen molar-refractivity contribution in [1.82, 2.24) is 19.2 Å². The fourth-order valence-electron chi connectivity index (χ4n) is 3.90. The number of carbonyl (C=O) groups excluding carboxylic acids is 1. The first kappa shape index (κ1) is 24.3. The number of amides is 1. The molecule has 180 valence electrons. The standard InChI is InChI=1S/C25H26N6O3S/c1-3-15-30-23(33)20-8-5-6-9-21(20)31-24(30)27-28-25(31)35-17-22(32)29(16-7-14-26)18-10-12-19(13-11-18)34-4-2/h5-6,8-13H,3-4,7,15-17H2,1-2H3. The van der Waals surface area contributed by atoms with E-state index in [0.717, 1.165) is 12.2 Å². The minimum atomic E-state index is -0.155. The number of aryl methyl sites for hydroxylation is 1. The molecule has 9 nitrogen and oxygen atoms in total. The summed E-state index contributed by atoms with van der Waals surface area (Å²) in [6.07, 6.45) is 0.989. The Morgan fingerprint density at radius 3 is 2.63 bits per heavy atom. The van der Waals surface area contributed by atoms with Crippen LogP contribution in [-0.4, -0.2) is 44.0 Å². The maximum Gasteiger partial charge on any atom is 0.262 e. The van der Waals surface area contributed by atoms with E-state index in [4.69, 9.17) is 10.00 Å². The summed E-state index contributed by atoms with van der Waals surface area (Å²) in [5.41, 5.74) is 1.29. The monoisotopic (exact) mass is 490 g/mol. The number of carbonyl (C=O) groups is 1. The zero-order valence-electron chi connectivity index (χ0n) is 19.7. The van der Waals surface area contributed by atoms with E-state index in [1.165, 1.54) is 11.8 Å². The van der Waals surface area contributed by atoms with Crippen molar-refractivity contribution in [2.45, 2.75) is 38.4 Å². The summed E-state index contributed by atoms with van der Waals surface area (Å²) in [6, 6.07) is 16.7. The highest BCUT2D eigenvalue weighted by atomic mass is 32.2. The maximum atomic E-state index is 13.2. The molecule has 0 unspecified atom stereocenters. The van der Waals surface area contributed by atoms with Gasteiger partial charge in [-0.15, -0.1) is 10.2 Å². The number of nitriles is 1. The molecular weight excluding hydrogens is 464 g/mol. The molecule has 0 atom stereocenters. The first-order valence-corrected chi connectivity index (χ1v) is 12.5. The van der Waals surface area contributed by atoms with Crippen LogP contribution >= 0.6 is 11.8 Å². The van der Waals surface area contributed by atoms with Gasteiger partial charge in [0, 0.05) is 18.8 Å². The Morgan fingerprint density at radius 2 is 1.91 bits per heavy atom. The molecule has 4 rings (SSSR count). The zero-order chi connectivity index (χ0) is 24.8. The van der Waals surface area contributed by atoms with Gasteiger partial charge in [0.1, 0.15) is 5.75 Å². The molecule has 4 aromatic rings. The number of benzene rings is 2. The van der Waals surface area contributed by atoms with Crippen LogP contribution in [-0.2, 0) is 11.3 Å². The van der Waals surface area contributed by atoms with Crippen molar-refractivity contribution in [3.05, 3.63) is 58.9 Å². The second-order valence-electron chi connectivity index (χ2n) is 7.76. The van der Waals surface area contributed by atoms with E-state index in [0.29, 0.717) is 40.7 Å². The molecule has 2 heterocycles. The van der Waals surface area contributed by atoms with E-state index in [-0.39, 0.29) is 30.2 Å². The minimum Gasteiger partial charge on any atom is -0.494 e. The van der Waals surface area contributed by atoms with Gasteiger partial charge in [-0.1, -0.05) is 30.8 Å². The van der Waals surface area contributed by atoms with E-state index in [2.05, 4.69) is 16.3 Å². The van der Waals surface area contributed by atoms with Crippen molar-refractivity contribution >= 4 is 40.0 Å². The summed E-state index contributed by atoms with van der Waals surface area (Å²) in [5, 5.41) is 18.8. The summed E-state index contributed by atoms with van der Waals surface area (Å²) in [4.78, 5) is 27.8. The van der Waals surface area contributed by atoms with Gasteiger partial charge in [-0.25, -0.2) is 0 Å². The molecule has 0 aliphatic carbocycles. The topological polar surface area (TPSA) is 106 Å². The van der Waals surface area contributed by atoms with Crippen LogP contribution in [0.2, 0.25) is 0 Å². The van der Waals surface area contributed by atoms with Crippen LogP contribution in [0.25, 0.3) is 16.7 Å². The van der Waals surface area contributed by atoms with E-state index in [9.17, 15) is 9.59 Å². The molecule has 2 aromatic heterocycles. The average molecular weight is 491 g/mol. The summed E-state index contributed by atoms with van der Waals surface area (Å²) in [5.74, 6) is 1.12. The van der Waals surface area contributed by atoms with Crippen LogP contribution in [0.5, 0.6) is 5.75 Å². The Kier molecular flexibility index (Phi) is 7.67. The number of hydrogen-bond acceptors (Lipinski definition) is 7. The van der Waals surface area contributed by atoms with Gasteiger partial charge in [-0.2, -0.15) is 5.26 Å². The average Bonchev–Trinajstić information content (AvgIpc) is 3.30. The van der Waals surface area contributed by atoms with Gasteiger partial charge in [-0.05, 0) is 49.7 Å². The van der Waals surface area contributed by atoms with E-state index in [1.807, 2.05) is 60.7 Å². The molecule has 0 aliphatic rings. The number of rotatable bonds is 10. The van der Waals surface area contributed by atoms with Gasteiger partial charge < -0.3 is 9.64 Å². The van der Waals surface area contributed by atoms with Crippen LogP contribution in [0.4, 0.5) is 5.69 Å². The second kappa shape index (κ2) is 11.1. The van der Waals surface area contributed by atoms with Gasteiger partial charge in [0.2, 0.25) is 11.7 Å². The number of thioether (sulfide) groups is 1. The predicted octanol–water partition coefficient (Wildman–Crippen LogP) is 3.89. The number of aromatic nitrogens is 4. The molecule has 35 heavy (non-hydrogen) atoms. The molecule has 1 amide bonds. The Bertz CT molecular complexity index is 1440. The lowest BCUT2D eigenvalue weighted by atomic mass is 10.2. The highest BCUT2D eigenvalue weighted by Crippen LogP contribution is 2.24. The highest BCUT2D eigenvalue weighted by Gasteiger charge is 2.20. The van der Waals surface area contributed by atoms with E-state index < -0.39 is 0 Å². The second-order valence-corrected chi connectivity index (χ2v) is 8.70. The molecule has 0 saturated heterocycles. The lowest BCUT2D eigenvalue weighted by molar-refractivity contribution is -0.116. The third-order valence-corrected chi connectivity index (χ3v) is 6.37. The predicted molar refractivity (Wildman–Crippen MR) is 136 cm³/mol. The third kappa shape index (κ3) is 5.00. The zero-order valence-corrected chi connectivity index (χ0v) is 20.5. The fourth-order valence-corrected chi connectivity index (χ4v) is 4.72. The summed E-state index contributed by atoms with van der Waals surface area (Å²) < 4.78 is 8.95. The third-order valence-electron chi connectivity index (χ3n) is 5.46. The Hall–Kier alpha value is -3.84. The van der Waals surface area contributed by atoms with Crippen LogP contribution in [0.1, 0.15) is 26.7 Å². The van der Waals surface area contributed by atoms with Crippen molar-refractivity contribution in [3.63, 3.8) is 0 Å². The Morgan fingerprint density at radius 1 is 1.14 bits per heavy atom. The van der Waals surface area contributed by atoms with Gasteiger partial charge in [0.25, 0.3) is 5.56 Å². The van der Waals surface area contributed by atoms with E-state index in [1.54, 1.807) is 15.5 Å². The molecule has 10 heteroatoms. The Labute approximate surface area is 206 Å². The van der Waals surface area contributed by atoms with Crippen molar-refractivity contribution in [1.29, 1.82) is 5.26 Å². The molecule has 0 fully saturated rings. The quantitative estimate of drug-likeness (QED) is 0.311. The molecule has 2 aromatic carbocycles. The molecular formula is C25H26N6O3S. The minimum absolute atomic E-state index is 0.0979. The fraction of sp³-hybridized carbons (Fsp3) is 0.320. The molecule has 0 radical (unpaired) electrons. The van der Waals surface area contributed by atoms with Crippen molar-refractivity contribution in [2.24, 2.45) is 0 Å². The normalized spacial score (nSPS) is 11.0. The summed E-state index contributed by atoms with van der Waals surface area (Å²) >= 11 is 1.26.